The summed E-state index contributed by atoms with van der Waals surface area (Å²) in [6, 6.07) is 14.0. The second-order valence-corrected chi connectivity index (χ2v) is 5.42. The molecule has 1 atom stereocenters. The van der Waals surface area contributed by atoms with Crippen molar-refractivity contribution < 1.29 is 9.90 Å². The number of nitrogens with one attached hydrogen (secondary N) is 1. The van der Waals surface area contributed by atoms with Gasteiger partial charge in [-0.2, -0.15) is 0 Å². The first-order chi connectivity index (χ1) is 10.1. The molecule has 21 heavy (non-hydrogen) atoms. The van der Waals surface area contributed by atoms with Crippen molar-refractivity contribution in [1.29, 1.82) is 0 Å². The third kappa shape index (κ3) is 4.21. The van der Waals surface area contributed by atoms with Crippen molar-refractivity contribution >= 4 is 29.1 Å². The molecule has 2 aromatic rings. The van der Waals surface area contributed by atoms with E-state index in [4.69, 9.17) is 23.2 Å². The number of carbonyl (C=O) groups excluding carboxylic acids is 1. The average Bonchev–Trinajstić information content (AvgIpc) is 2.47. The summed E-state index contributed by atoms with van der Waals surface area (Å²) in [7, 11) is 0. The number of halogens is 2. The van der Waals surface area contributed by atoms with Crippen LogP contribution in [-0.2, 0) is 0 Å². The molecule has 0 fully saturated rings. The van der Waals surface area contributed by atoms with Crippen LogP contribution in [0.25, 0.3) is 0 Å². The van der Waals surface area contributed by atoms with Gasteiger partial charge in [-0.3, -0.25) is 4.79 Å². The first kappa shape index (κ1) is 15.8. The molecule has 0 aliphatic carbocycles. The Labute approximate surface area is 133 Å². The maximum Gasteiger partial charge on any atom is 0.253 e. The van der Waals surface area contributed by atoms with Crippen LogP contribution in [0.2, 0.25) is 10.0 Å². The monoisotopic (exact) mass is 323 g/mol. The number of amides is 1. The van der Waals surface area contributed by atoms with Gasteiger partial charge in [0, 0.05) is 11.6 Å². The third-order valence-corrected chi connectivity index (χ3v) is 3.65. The lowest BCUT2D eigenvalue weighted by Crippen LogP contribution is -2.29. The van der Waals surface area contributed by atoms with E-state index in [0.717, 1.165) is 5.56 Å². The Balaban J connectivity index is 2.18. The average molecular weight is 324 g/mol. The molecule has 0 spiro atoms. The number of benzene rings is 2. The lowest BCUT2D eigenvalue weighted by Gasteiger charge is -2.18. The highest BCUT2D eigenvalue weighted by molar-refractivity contribution is 6.36. The fourth-order valence-electron chi connectivity index (χ4n) is 2.05. The van der Waals surface area contributed by atoms with E-state index in [0.29, 0.717) is 22.0 Å². The van der Waals surface area contributed by atoms with Gasteiger partial charge in [-0.25, -0.2) is 0 Å². The number of rotatable bonds is 5. The summed E-state index contributed by atoms with van der Waals surface area (Å²) in [6.07, 6.45) is 0.432. The van der Waals surface area contributed by atoms with E-state index >= 15 is 0 Å². The molecule has 2 N–H and O–H groups in total. The molecule has 2 aromatic carbocycles. The Morgan fingerprint density at radius 3 is 2.48 bits per heavy atom. The zero-order chi connectivity index (χ0) is 15.2. The summed E-state index contributed by atoms with van der Waals surface area (Å²) >= 11 is 11.9. The molecule has 0 saturated heterocycles. The Morgan fingerprint density at radius 2 is 1.86 bits per heavy atom. The van der Waals surface area contributed by atoms with Gasteiger partial charge in [0.1, 0.15) is 0 Å². The molecule has 0 aromatic heterocycles. The minimum Gasteiger partial charge on any atom is -0.396 e. The van der Waals surface area contributed by atoms with Crippen LogP contribution in [0.3, 0.4) is 0 Å². The van der Waals surface area contributed by atoms with Gasteiger partial charge in [0.2, 0.25) is 0 Å². The van der Waals surface area contributed by atoms with Gasteiger partial charge < -0.3 is 10.4 Å². The molecule has 5 heteroatoms. The molecule has 3 nitrogen and oxygen atoms in total. The van der Waals surface area contributed by atoms with Crippen LogP contribution in [0.4, 0.5) is 0 Å². The summed E-state index contributed by atoms with van der Waals surface area (Å²) in [4.78, 5) is 12.3. The highest BCUT2D eigenvalue weighted by Gasteiger charge is 2.17. The van der Waals surface area contributed by atoms with Crippen molar-refractivity contribution in [3.05, 3.63) is 69.7 Å². The molecule has 0 aliphatic rings. The number of aliphatic hydroxyl groups is 1. The Kier molecular flexibility index (Phi) is 5.62. The lowest BCUT2D eigenvalue weighted by atomic mass is 10.0. The molecular weight excluding hydrogens is 309 g/mol. The third-order valence-electron chi connectivity index (χ3n) is 3.10. The van der Waals surface area contributed by atoms with E-state index in [1.807, 2.05) is 30.3 Å². The van der Waals surface area contributed by atoms with Crippen LogP contribution >= 0.6 is 23.2 Å². The smallest absolute Gasteiger partial charge is 0.253 e. The summed E-state index contributed by atoms with van der Waals surface area (Å²) < 4.78 is 0. The van der Waals surface area contributed by atoms with E-state index in [1.165, 1.54) is 6.07 Å². The van der Waals surface area contributed by atoms with Gasteiger partial charge in [0.15, 0.2) is 0 Å². The topological polar surface area (TPSA) is 49.3 Å². The highest BCUT2D eigenvalue weighted by atomic mass is 35.5. The van der Waals surface area contributed by atoms with E-state index in [2.05, 4.69) is 5.32 Å². The summed E-state index contributed by atoms with van der Waals surface area (Å²) in [5, 5.41) is 12.8. The minimum atomic E-state index is -0.293. The van der Waals surface area contributed by atoms with Crippen LogP contribution < -0.4 is 5.32 Å². The van der Waals surface area contributed by atoms with Crippen molar-refractivity contribution in [1.82, 2.24) is 5.32 Å². The number of hydrogen-bond donors (Lipinski definition) is 2. The fraction of sp³-hybridized carbons (Fsp3) is 0.188. The van der Waals surface area contributed by atoms with Crippen molar-refractivity contribution in [2.45, 2.75) is 12.5 Å². The van der Waals surface area contributed by atoms with E-state index in [9.17, 15) is 9.90 Å². The predicted octanol–water partition coefficient (Wildman–Crippen LogP) is 3.85. The molecule has 2 rings (SSSR count). The Morgan fingerprint density at radius 1 is 1.14 bits per heavy atom. The van der Waals surface area contributed by atoms with Gasteiger partial charge in [0.25, 0.3) is 5.91 Å². The minimum absolute atomic E-state index is 0.0197. The zero-order valence-corrected chi connectivity index (χ0v) is 12.7. The Hall–Kier alpha value is -1.55. The Bertz CT molecular complexity index is 617. The van der Waals surface area contributed by atoms with Gasteiger partial charge in [-0.15, -0.1) is 0 Å². The van der Waals surface area contributed by atoms with Crippen LogP contribution in [0.15, 0.2) is 48.5 Å². The van der Waals surface area contributed by atoms with E-state index in [1.54, 1.807) is 12.1 Å². The van der Waals surface area contributed by atoms with Crippen molar-refractivity contribution in [2.24, 2.45) is 0 Å². The maximum absolute atomic E-state index is 12.3. The van der Waals surface area contributed by atoms with Crippen LogP contribution in [0.1, 0.15) is 28.4 Å². The molecular formula is C16H15Cl2NO2. The summed E-state index contributed by atoms with van der Waals surface area (Å²) in [5.41, 5.74) is 1.30. The standard InChI is InChI=1S/C16H15Cl2NO2/c17-12-6-7-13(14(18)10-12)16(21)19-15(8-9-20)11-4-2-1-3-5-11/h1-7,10,15,20H,8-9H2,(H,19,21). The number of hydrogen-bond acceptors (Lipinski definition) is 2. The molecule has 0 radical (unpaired) electrons. The zero-order valence-electron chi connectivity index (χ0n) is 11.2. The fourth-order valence-corrected chi connectivity index (χ4v) is 2.54. The second-order valence-electron chi connectivity index (χ2n) is 4.57. The number of carbonyl (C=O) groups is 1. The second kappa shape index (κ2) is 7.46. The first-order valence-corrected chi connectivity index (χ1v) is 7.29. The van der Waals surface area contributed by atoms with Crippen molar-refractivity contribution in [3.63, 3.8) is 0 Å². The van der Waals surface area contributed by atoms with Crippen molar-refractivity contribution in [3.8, 4) is 0 Å². The van der Waals surface area contributed by atoms with Gasteiger partial charge in [-0.1, -0.05) is 53.5 Å². The SMILES string of the molecule is O=C(NC(CCO)c1ccccc1)c1ccc(Cl)cc1Cl. The molecule has 110 valence electrons. The normalized spacial score (nSPS) is 12.0. The largest absolute Gasteiger partial charge is 0.396 e. The van der Waals surface area contributed by atoms with Crippen LogP contribution in [-0.4, -0.2) is 17.6 Å². The quantitative estimate of drug-likeness (QED) is 0.878. The van der Waals surface area contributed by atoms with E-state index in [-0.39, 0.29) is 18.6 Å². The highest BCUT2D eigenvalue weighted by Crippen LogP contribution is 2.23. The maximum atomic E-state index is 12.3. The number of aliphatic hydroxyl groups excluding tert-OH is 1. The predicted molar refractivity (Wildman–Crippen MR) is 84.8 cm³/mol. The van der Waals surface area contributed by atoms with E-state index < -0.39 is 0 Å². The summed E-state index contributed by atoms with van der Waals surface area (Å²) in [5.74, 6) is -0.293. The summed E-state index contributed by atoms with van der Waals surface area (Å²) in [6.45, 7) is -0.0197. The molecule has 1 amide bonds. The van der Waals surface area contributed by atoms with Gasteiger partial charge in [0.05, 0.1) is 16.6 Å². The first-order valence-electron chi connectivity index (χ1n) is 6.53. The molecule has 0 saturated carbocycles. The molecule has 1 unspecified atom stereocenters. The van der Waals surface area contributed by atoms with Gasteiger partial charge in [-0.05, 0) is 30.2 Å². The molecule has 0 aliphatic heterocycles. The molecule has 0 bridgehead atoms. The lowest BCUT2D eigenvalue weighted by molar-refractivity contribution is 0.0930. The van der Waals surface area contributed by atoms with Crippen LogP contribution in [0.5, 0.6) is 0 Å². The van der Waals surface area contributed by atoms with Crippen LogP contribution in [0, 0.1) is 0 Å². The van der Waals surface area contributed by atoms with Crippen molar-refractivity contribution in [2.75, 3.05) is 6.61 Å². The van der Waals surface area contributed by atoms with Gasteiger partial charge >= 0.3 is 0 Å². The molecule has 0 heterocycles.